The van der Waals surface area contributed by atoms with Crippen molar-refractivity contribution in [1.29, 1.82) is 0 Å². The summed E-state index contributed by atoms with van der Waals surface area (Å²) in [6.45, 7) is 2.02. The lowest BCUT2D eigenvalue weighted by Crippen LogP contribution is -2.44. The van der Waals surface area contributed by atoms with Crippen molar-refractivity contribution in [3.63, 3.8) is 0 Å². The molecular formula is C27H29FN2O. The van der Waals surface area contributed by atoms with Crippen molar-refractivity contribution in [2.45, 2.75) is 32.0 Å². The molecular weight excluding hydrogens is 387 g/mol. The van der Waals surface area contributed by atoms with Crippen LogP contribution in [0.3, 0.4) is 0 Å². The van der Waals surface area contributed by atoms with Gasteiger partial charge in [0.1, 0.15) is 5.82 Å². The molecule has 1 saturated heterocycles. The van der Waals surface area contributed by atoms with Gasteiger partial charge in [-0.1, -0.05) is 72.8 Å². The van der Waals surface area contributed by atoms with Crippen molar-refractivity contribution in [2.75, 3.05) is 13.6 Å². The average Bonchev–Trinajstić information content (AvgIpc) is 2.81. The van der Waals surface area contributed by atoms with Crippen LogP contribution in [0, 0.1) is 11.7 Å². The van der Waals surface area contributed by atoms with E-state index in [0.29, 0.717) is 19.6 Å². The van der Waals surface area contributed by atoms with Gasteiger partial charge < -0.3 is 4.90 Å². The Kier molecular flexibility index (Phi) is 6.78. The quantitative estimate of drug-likeness (QED) is 0.534. The molecule has 0 N–H and O–H groups in total. The monoisotopic (exact) mass is 416 g/mol. The fourth-order valence-electron chi connectivity index (χ4n) is 4.54. The fourth-order valence-corrected chi connectivity index (χ4v) is 4.54. The highest BCUT2D eigenvalue weighted by molar-refractivity contribution is 5.79. The number of benzene rings is 3. The minimum Gasteiger partial charge on any atom is -0.341 e. The summed E-state index contributed by atoms with van der Waals surface area (Å²) in [6.07, 6.45) is 1.80. The summed E-state index contributed by atoms with van der Waals surface area (Å²) in [6, 6.07) is 27.5. The number of hydrogen-bond donors (Lipinski definition) is 0. The molecule has 160 valence electrons. The van der Waals surface area contributed by atoms with Crippen LogP contribution in [0.15, 0.2) is 84.9 Å². The van der Waals surface area contributed by atoms with Crippen LogP contribution in [0.1, 0.15) is 35.6 Å². The number of hydrogen-bond acceptors (Lipinski definition) is 2. The molecule has 1 fully saturated rings. The Morgan fingerprint density at radius 3 is 2.23 bits per heavy atom. The Morgan fingerprint density at radius 2 is 1.55 bits per heavy atom. The minimum absolute atomic E-state index is 0.0332. The molecule has 0 saturated carbocycles. The third-order valence-corrected chi connectivity index (χ3v) is 6.16. The normalized spacial score (nSPS) is 19.2. The van der Waals surface area contributed by atoms with Gasteiger partial charge in [0.15, 0.2) is 0 Å². The number of carbonyl (C=O) groups is 1. The molecule has 1 aliphatic rings. The summed E-state index contributed by atoms with van der Waals surface area (Å²) >= 11 is 0. The van der Waals surface area contributed by atoms with Gasteiger partial charge in [-0.05, 0) is 41.7 Å². The summed E-state index contributed by atoms with van der Waals surface area (Å²) in [5.41, 5.74) is 3.47. The summed E-state index contributed by atoms with van der Waals surface area (Å²) in [4.78, 5) is 17.5. The lowest BCUT2D eigenvalue weighted by Gasteiger charge is -2.40. The van der Waals surface area contributed by atoms with Gasteiger partial charge in [0.05, 0.1) is 5.92 Å². The number of piperidine rings is 1. The van der Waals surface area contributed by atoms with E-state index in [9.17, 15) is 9.18 Å². The zero-order valence-corrected chi connectivity index (χ0v) is 18.0. The van der Waals surface area contributed by atoms with E-state index in [4.69, 9.17) is 0 Å². The topological polar surface area (TPSA) is 23.6 Å². The zero-order chi connectivity index (χ0) is 21.6. The number of nitrogens with zero attached hydrogens (tertiary/aromatic N) is 2. The molecule has 0 aliphatic carbocycles. The van der Waals surface area contributed by atoms with Crippen molar-refractivity contribution in [3.8, 4) is 0 Å². The zero-order valence-electron chi connectivity index (χ0n) is 18.0. The van der Waals surface area contributed by atoms with Gasteiger partial charge in [0.25, 0.3) is 0 Å². The molecule has 4 rings (SSSR count). The molecule has 0 bridgehead atoms. The van der Waals surface area contributed by atoms with E-state index in [2.05, 4.69) is 41.3 Å². The predicted molar refractivity (Wildman–Crippen MR) is 122 cm³/mol. The highest BCUT2D eigenvalue weighted by Crippen LogP contribution is 2.35. The summed E-state index contributed by atoms with van der Waals surface area (Å²) in [7, 11) is 1.89. The van der Waals surface area contributed by atoms with E-state index < -0.39 is 0 Å². The second kappa shape index (κ2) is 9.88. The van der Waals surface area contributed by atoms with E-state index in [0.717, 1.165) is 24.0 Å². The lowest BCUT2D eigenvalue weighted by atomic mass is 9.87. The summed E-state index contributed by atoms with van der Waals surface area (Å²) < 4.78 is 13.4. The second-order valence-electron chi connectivity index (χ2n) is 8.44. The van der Waals surface area contributed by atoms with Crippen LogP contribution in [0.4, 0.5) is 4.39 Å². The highest BCUT2D eigenvalue weighted by Gasteiger charge is 2.34. The average molecular weight is 417 g/mol. The Balaban J connectivity index is 1.49. The molecule has 3 aromatic rings. The molecule has 2 unspecified atom stereocenters. The number of amides is 1. The Morgan fingerprint density at radius 1 is 0.903 bits per heavy atom. The highest BCUT2D eigenvalue weighted by atomic mass is 19.1. The van der Waals surface area contributed by atoms with E-state index >= 15 is 0 Å². The third kappa shape index (κ3) is 5.39. The second-order valence-corrected chi connectivity index (χ2v) is 8.44. The van der Waals surface area contributed by atoms with E-state index in [1.165, 1.54) is 17.7 Å². The van der Waals surface area contributed by atoms with Gasteiger partial charge in [-0.3, -0.25) is 9.69 Å². The maximum Gasteiger partial charge on any atom is 0.227 e. The smallest absolute Gasteiger partial charge is 0.227 e. The van der Waals surface area contributed by atoms with Gasteiger partial charge in [0.2, 0.25) is 5.91 Å². The van der Waals surface area contributed by atoms with Gasteiger partial charge in [0, 0.05) is 32.7 Å². The first kappa shape index (κ1) is 21.3. The van der Waals surface area contributed by atoms with Crippen molar-refractivity contribution >= 4 is 5.91 Å². The van der Waals surface area contributed by atoms with Crippen molar-refractivity contribution in [3.05, 3.63) is 107 Å². The third-order valence-electron chi connectivity index (χ3n) is 6.16. The van der Waals surface area contributed by atoms with Gasteiger partial charge in [-0.2, -0.15) is 0 Å². The van der Waals surface area contributed by atoms with Gasteiger partial charge >= 0.3 is 0 Å². The molecule has 3 nitrogen and oxygen atoms in total. The van der Waals surface area contributed by atoms with Crippen LogP contribution in [0.5, 0.6) is 0 Å². The van der Waals surface area contributed by atoms with Crippen LogP contribution in [-0.2, 0) is 17.9 Å². The van der Waals surface area contributed by atoms with Crippen molar-refractivity contribution in [2.24, 2.45) is 5.92 Å². The maximum atomic E-state index is 13.4. The minimum atomic E-state index is -0.224. The molecule has 31 heavy (non-hydrogen) atoms. The van der Waals surface area contributed by atoms with Gasteiger partial charge in [-0.15, -0.1) is 0 Å². The van der Waals surface area contributed by atoms with Gasteiger partial charge in [-0.25, -0.2) is 4.39 Å². The first-order valence-corrected chi connectivity index (χ1v) is 10.9. The molecule has 4 heteroatoms. The maximum absolute atomic E-state index is 13.4. The van der Waals surface area contributed by atoms with Crippen LogP contribution < -0.4 is 0 Å². The molecule has 0 aromatic heterocycles. The van der Waals surface area contributed by atoms with E-state index in [1.54, 1.807) is 0 Å². The molecule has 1 amide bonds. The molecule has 0 radical (unpaired) electrons. The van der Waals surface area contributed by atoms with Crippen LogP contribution >= 0.6 is 0 Å². The van der Waals surface area contributed by atoms with E-state index in [-0.39, 0.29) is 23.7 Å². The van der Waals surface area contributed by atoms with Crippen molar-refractivity contribution < 1.29 is 9.18 Å². The largest absolute Gasteiger partial charge is 0.341 e. The Bertz CT molecular complexity index is 975. The number of likely N-dealkylation sites (tertiary alicyclic amines) is 1. The molecule has 1 aliphatic heterocycles. The first-order valence-electron chi connectivity index (χ1n) is 10.9. The van der Waals surface area contributed by atoms with Crippen LogP contribution in [0.2, 0.25) is 0 Å². The Labute approximate surface area is 184 Å². The molecule has 2 atom stereocenters. The SMILES string of the molecule is CN(Cc1ccccc1)C(=O)C1CCC(c2ccccc2)N(Cc2ccc(F)cc2)C1. The lowest BCUT2D eigenvalue weighted by molar-refractivity contribution is -0.137. The fraction of sp³-hybridized carbons (Fsp3) is 0.296. The van der Waals surface area contributed by atoms with Crippen molar-refractivity contribution in [1.82, 2.24) is 9.80 Å². The molecule has 3 aromatic carbocycles. The van der Waals surface area contributed by atoms with Crippen LogP contribution in [-0.4, -0.2) is 29.3 Å². The standard InChI is InChI=1S/C27H29FN2O/c1-29(18-21-8-4-2-5-9-21)27(31)24-14-17-26(23-10-6-3-7-11-23)30(20-24)19-22-12-15-25(28)16-13-22/h2-13,15-16,24,26H,14,17-20H2,1H3. The summed E-state index contributed by atoms with van der Waals surface area (Å²) in [5, 5.41) is 0. The Hall–Kier alpha value is -2.98. The van der Waals surface area contributed by atoms with E-state index in [1.807, 2.05) is 48.3 Å². The predicted octanol–water partition coefficient (Wildman–Crippen LogP) is 5.44. The first-order chi connectivity index (χ1) is 15.1. The number of rotatable bonds is 6. The molecule has 0 spiro atoms. The molecule has 1 heterocycles. The number of carbonyl (C=O) groups excluding carboxylic acids is 1. The number of halogens is 1. The van der Waals surface area contributed by atoms with Crippen LogP contribution in [0.25, 0.3) is 0 Å². The summed E-state index contributed by atoms with van der Waals surface area (Å²) in [5.74, 6) is -0.0637.